The van der Waals surface area contributed by atoms with Gasteiger partial charge in [-0.1, -0.05) is 47.6 Å². The Morgan fingerprint density at radius 2 is 1.65 bits per heavy atom. The second-order valence-corrected chi connectivity index (χ2v) is 4.77. The van der Waals surface area contributed by atoms with Crippen LogP contribution >= 0.6 is 0 Å². The van der Waals surface area contributed by atoms with Crippen LogP contribution in [-0.2, 0) is 0 Å². The van der Waals surface area contributed by atoms with E-state index in [2.05, 4.69) is 29.8 Å². The van der Waals surface area contributed by atoms with Crippen molar-refractivity contribution in [2.24, 2.45) is 0 Å². The van der Waals surface area contributed by atoms with Gasteiger partial charge in [0.1, 0.15) is 12.0 Å². The highest BCUT2D eigenvalue weighted by Crippen LogP contribution is 2.21. The van der Waals surface area contributed by atoms with Gasteiger partial charge in [0.15, 0.2) is 0 Å². The molecule has 0 saturated carbocycles. The van der Waals surface area contributed by atoms with Crippen molar-refractivity contribution in [1.29, 1.82) is 0 Å². The molecule has 1 saturated heterocycles. The monoisotopic (exact) mass is 282 g/mol. The summed E-state index contributed by atoms with van der Waals surface area (Å²) in [4.78, 5) is 6.62. The number of piperidine rings is 1. The number of nitrogens with zero attached hydrogens (tertiary/aromatic N) is 2. The lowest BCUT2D eigenvalue weighted by Crippen LogP contribution is -2.34. The van der Waals surface area contributed by atoms with Crippen molar-refractivity contribution in [3.8, 4) is 0 Å². The average molecular weight is 282 g/mol. The third-order valence-electron chi connectivity index (χ3n) is 3.19. The molecule has 0 aromatic carbocycles. The molecule has 0 aliphatic carbocycles. The zero-order chi connectivity index (χ0) is 15.5. The maximum absolute atomic E-state index is 13.0. The summed E-state index contributed by atoms with van der Waals surface area (Å²) in [7, 11) is 0. The Bertz CT molecular complexity index is 327. The molecule has 0 radical (unpaired) electrons. The van der Waals surface area contributed by atoms with Crippen LogP contribution in [0.15, 0.2) is 18.3 Å². The van der Waals surface area contributed by atoms with Crippen molar-refractivity contribution < 1.29 is 4.39 Å². The van der Waals surface area contributed by atoms with Crippen LogP contribution in [-0.4, -0.2) is 24.2 Å². The van der Waals surface area contributed by atoms with Crippen molar-refractivity contribution in [3.63, 3.8) is 0 Å². The maximum atomic E-state index is 13.0. The summed E-state index contributed by atoms with van der Waals surface area (Å²) in [5, 5.41) is 0. The van der Waals surface area contributed by atoms with E-state index in [1.165, 1.54) is 5.56 Å². The van der Waals surface area contributed by atoms with Gasteiger partial charge in [0, 0.05) is 19.3 Å². The summed E-state index contributed by atoms with van der Waals surface area (Å²) >= 11 is 0. The molecule has 0 spiro atoms. The van der Waals surface area contributed by atoms with E-state index < -0.39 is 6.17 Å². The molecular formula is C17H31FN2. The van der Waals surface area contributed by atoms with Crippen LogP contribution in [0.4, 0.5) is 10.2 Å². The Kier molecular flexibility index (Phi) is 10.0. The minimum Gasteiger partial charge on any atom is -0.356 e. The van der Waals surface area contributed by atoms with Crippen LogP contribution in [0, 0.1) is 0 Å². The maximum Gasteiger partial charge on any atom is 0.128 e. The highest BCUT2D eigenvalue weighted by molar-refractivity contribution is 5.40. The first-order chi connectivity index (χ1) is 9.66. The molecule has 20 heavy (non-hydrogen) atoms. The number of anilines is 1. The SMILES string of the molecule is CC.CC.CC(C)c1ccc(N2CCC(F)CC2)nc1. The third-order valence-corrected chi connectivity index (χ3v) is 3.19. The summed E-state index contributed by atoms with van der Waals surface area (Å²) < 4.78 is 13.0. The minimum absolute atomic E-state index is 0.512. The number of alkyl halides is 1. The predicted octanol–water partition coefficient (Wildman–Crippen LogP) is 5.20. The van der Waals surface area contributed by atoms with Gasteiger partial charge >= 0.3 is 0 Å². The standard InChI is InChI=1S/C13H19FN2.2C2H6/c1-10(2)11-3-4-13(15-9-11)16-7-5-12(14)6-8-16;2*1-2/h3-4,9-10,12H,5-8H2,1-2H3;2*1-2H3. The Labute approximate surface area is 124 Å². The van der Waals surface area contributed by atoms with E-state index in [1.807, 2.05) is 40.0 Å². The number of pyridine rings is 1. The smallest absolute Gasteiger partial charge is 0.128 e. The molecule has 116 valence electrons. The van der Waals surface area contributed by atoms with Crippen LogP contribution < -0.4 is 4.90 Å². The minimum atomic E-state index is -0.619. The van der Waals surface area contributed by atoms with Gasteiger partial charge in [-0.05, 0) is 30.4 Å². The first-order valence-electron chi connectivity index (χ1n) is 8.02. The molecule has 1 aliphatic heterocycles. The Balaban J connectivity index is 0.000000829. The largest absolute Gasteiger partial charge is 0.356 e. The molecule has 0 N–H and O–H groups in total. The van der Waals surface area contributed by atoms with Gasteiger partial charge < -0.3 is 4.90 Å². The molecule has 1 aliphatic rings. The molecule has 1 aromatic heterocycles. The number of hydrogen-bond acceptors (Lipinski definition) is 2. The van der Waals surface area contributed by atoms with Gasteiger partial charge in [-0.15, -0.1) is 0 Å². The van der Waals surface area contributed by atoms with Gasteiger partial charge in [-0.2, -0.15) is 0 Å². The second-order valence-electron chi connectivity index (χ2n) is 4.77. The first kappa shape index (κ1) is 18.9. The van der Waals surface area contributed by atoms with E-state index in [-0.39, 0.29) is 0 Å². The number of rotatable bonds is 2. The average Bonchev–Trinajstić information content (AvgIpc) is 2.52. The third kappa shape index (κ3) is 5.89. The van der Waals surface area contributed by atoms with Gasteiger partial charge in [-0.25, -0.2) is 9.37 Å². The van der Waals surface area contributed by atoms with Crippen molar-refractivity contribution in [1.82, 2.24) is 4.98 Å². The lowest BCUT2D eigenvalue weighted by molar-refractivity contribution is 0.276. The zero-order valence-corrected chi connectivity index (χ0v) is 14.0. The highest BCUT2D eigenvalue weighted by Gasteiger charge is 2.19. The molecule has 2 heterocycles. The van der Waals surface area contributed by atoms with Gasteiger partial charge in [-0.3, -0.25) is 0 Å². The van der Waals surface area contributed by atoms with E-state index >= 15 is 0 Å². The van der Waals surface area contributed by atoms with Crippen LogP contribution in [0.5, 0.6) is 0 Å². The van der Waals surface area contributed by atoms with Crippen LogP contribution in [0.25, 0.3) is 0 Å². The number of aromatic nitrogens is 1. The Morgan fingerprint density at radius 1 is 1.10 bits per heavy atom. The number of halogens is 1. The number of hydrogen-bond donors (Lipinski definition) is 0. The second kappa shape index (κ2) is 10.6. The molecule has 1 fully saturated rings. The van der Waals surface area contributed by atoms with E-state index in [0.29, 0.717) is 18.8 Å². The molecule has 3 heteroatoms. The fourth-order valence-corrected chi connectivity index (χ4v) is 2.00. The van der Waals surface area contributed by atoms with E-state index in [4.69, 9.17) is 0 Å². The molecule has 0 bridgehead atoms. The molecule has 1 aromatic rings. The van der Waals surface area contributed by atoms with E-state index in [9.17, 15) is 4.39 Å². The van der Waals surface area contributed by atoms with Crippen molar-refractivity contribution >= 4 is 5.82 Å². The van der Waals surface area contributed by atoms with Crippen LogP contribution in [0.2, 0.25) is 0 Å². The molecule has 2 rings (SSSR count). The summed E-state index contributed by atoms with van der Waals surface area (Å²) in [5.74, 6) is 1.49. The molecule has 0 amide bonds. The fourth-order valence-electron chi connectivity index (χ4n) is 2.00. The summed E-state index contributed by atoms with van der Waals surface area (Å²) in [6.07, 6.45) is 2.58. The van der Waals surface area contributed by atoms with Crippen molar-refractivity contribution in [2.45, 2.75) is 66.5 Å². The van der Waals surface area contributed by atoms with E-state index in [1.54, 1.807) is 0 Å². The topological polar surface area (TPSA) is 16.1 Å². The lowest BCUT2D eigenvalue weighted by atomic mass is 10.1. The van der Waals surface area contributed by atoms with Gasteiger partial charge in [0.2, 0.25) is 0 Å². The van der Waals surface area contributed by atoms with Crippen LogP contribution in [0.1, 0.15) is 65.9 Å². The van der Waals surface area contributed by atoms with Gasteiger partial charge in [0.05, 0.1) is 0 Å². The van der Waals surface area contributed by atoms with Crippen molar-refractivity contribution in [3.05, 3.63) is 23.9 Å². The quantitative estimate of drug-likeness (QED) is 0.741. The van der Waals surface area contributed by atoms with Crippen LogP contribution in [0.3, 0.4) is 0 Å². The fraction of sp³-hybridized carbons (Fsp3) is 0.706. The van der Waals surface area contributed by atoms with Gasteiger partial charge in [0.25, 0.3) is 0 Å². The predicted molar refractivity (Wildman–Crippen MR) is 87.4 cm³/mol. The summed E-state index contributed by atoms with van der Waals surface area (Å²) in [6.45, 7) is 13.9. The molecular weight excluding hydrogens is 251 g/mol. The molecule has 2 nitrogen and oxygen atoms in total. The molecule has 0 atom stereocenters. The molecule has 0 unspecified atom stereocenters. The van der Waals surface area contributed by atoms with E-state index in [0.717, 1.165) is 18.9 Å². The Morgan fingerprint density at radius 3 is 2.05 bits per heavy atom. The highest BCUT2D eigenvalue weighted by atomic mass is 19.1. The normalized spacial score (nSPS) is 15.1. The first-order valence-corrected chi connectivity index (χ1v) is 8.02. The zero-order valence-electron chi connectivity index (χ0n) is 14.0. The summed E-state index contributed by atoms with van der Waals surface area (Å²) in [5.41, 5.74) is 1.25. The Hall–Kier alpha value is -1.12. The summed E-state index contributed by atoms with van der Waals surface area (Å²) in [6, 6.07) is 4.17. The lowest BCUT2D eigenvalue weighted by Gasteiger charge is -2.29. The van der Waals surface area contributed by atoms with Crippen molar-refractivity contribution in [2.75, 3.05) is 18.0 Å².